The van der Waals surface area contributed by atoms with Gasteiger partial charge in [0.25, 0.3) is 0 Å². The van der Waals surface area contributed by atoms with Crippen LogP contribution in [0.1, 0.15) is 12.5 Å². The Kier molecular flexibility index (Phi) is 4.91. The summed E-state index contributed by atoms with van der Waals surface area (Å²) in [7, 11) is 0. The van der Waals surface area contributed by atoms with Gasteiger partial charge in [-0.05, 0) is 52.7 Å². The third-order valence-corrected chi connectivity index (χ3v) is 4.24. The van der Waals surface area contributed by atoms with Crippen molar-refractivity contribution in [3.63, 3.8) is 0 Å². The van der Waals surface area contributed by atoms with Crippen LogP contribution in [-0.4, -0.2) is 11.4 Å². The monoisotopic (exact) mass is 366 g/mol. The minimum atomic E-state index is -0.891. The summed E-state index contributed by atoms with van der Waals surface area (Å²) in [6.45, 7) is 1.80. The molecule has 0 bridgehead atoms. The van der Waals surface area contributed by atoms with Gasteiger partial charge in [-0.2, -0.15) is 0 Å². The van der Waals surface area contributed by atoms with Gasteiger partial charge >= 0.3 is 0 Å². The van der Waals surface area contributed by atoms with Crippen LogP contribution in [0.5, 0.6) is 0 Å². The predicted molar refractivity (Wildman–Crippen MR) is 90.5 cm³/mol. The van der Waals surface area contributed by atoms with Crippen molar-refractivity contribution in [1.29, 1.82) is 0 Å². The van der Waals surface area contributed by atoms with Gasteiger partial charge in [-0.15, -0.1) is 0 Å². The molecule has 0 saturated heterocycles. The van der Waals surface area contributed by atoms with Crippen molar-refractivity contribution in [1.82, 2.24) is 0 Å². The Morgan fingerprint density at radius 1 is 1.24 bits per heavy atom. The number of carbonyl (C=O) groups is 1. The number of benzene rings is 2. The number of halogens is 2. The number of amides is 1. The number of nitrogens with two attached hydrogens (primary N) is 1. The Labute approximate surface area is 137 Å². The van der Waals surface area contributed by atoms with Crippen LogP contribution in [0.2, 0.25) is 5.02 Å². The zero-order valence-corrected chi connectivity index (χ0v) is 13.9. The van der Waals surface area contributed by atoms with E-state index in [4.69, 9.17) is 17.3 Å². The van der Waals surface area contributed by atoms with Gasteiger partial charge in [0.15, 0.2) is 0 Å². The number of hydrogen-bond acceptors (Lipinski definition) is 2. The lowest BCUT2D eigenvalue weighted by molar-refractivity contribution is -0.121. The lowest BCUT2D eigenvalue weighted by Gasteiger charge is -2.29. The first-order chi connectivity index (χ1) is 9.90. The summed E-state index contributed by atoms with van der Waals surface area (Å²) in [6.07, 6.45) is 0.473. The molecule has 1 unspecified atom stereocenters. The fraction of sp³-hybridized carbons (Fsp3) is 0.188. The number of nitrogens with one attached hydrogen (secondary N) is 1. The molecule has 0 radical (unpaired) electrons. The Hall–Kier alpha value is -1.52. The van der Waals surface area contributed by atoms with E-state index in [0.29, 0.717) is 11.4 Å². The molecule has 0 spiro atoms. The van der Waals surface area contributed by atoms with Crippen LogP contribution in [-0.2, 0) is 11.2 Å². The highest BCUT2D eigenvalue weighted by Gasteiger charge is 2.31. The van der Waals surface area contributed by atoms with Gasteiger partial charge in [0.2, 0.25) is 5.91 Å². The molecule has 2 aromatic rings. The summed E-state index contributed by atoms with van der Waals surface area (Å²) in [5.41, 5.74) is 6.53. The normalized spacial score (nSPS) is 13.5. The molecule has 2 rings (SSSR count). The molecule has 2 aromatic carbocycles. The van der Waals surface area contributed by atoms with Crippen molar-refractivity contribution in [2.24, 2.45) is 5.73 Å². The third kappa shape index (κ3) is 3.99. The summed E-state index contributed by atoms with van der Waals surface area (Å²) in [6, 6.07) is 15.0. The molecule has 0 heterocycles. The smallest absolute Gasteiger partial charge is 0.243 e. The zero-order valence-electron chi connectivity index (χ0n) is 11.6. The molecular weight excluding hydrogens is 352 g/mol. The van der Waals surface area contributed by atoms with Crippen LogP contribution in [0.15, 0.2) is 53.0 Å². The molecular formula is C16H16BrClN2O. The molecule has 21 heavy (non-hydrogen) atoms. The molecule has 0 aliphatic rings. The molecule has 3 N–H and O–H groups in total. The van der Waals surface area contributed by atoms with E-state index >= 15 is 0 Å². The van der Waals surface area contributed by atoms with Gasteiger partial charge in [-0.1, -0.05) is 35.9 Å². The number of rotatable bonds is 5. The van der Waals surface area contributed by atoms with Crippen LogP contribution in [0.4, 0.5) is 5.69 Å². The van der Waals surface area contributed by atoms with Crippen LogP contribution in [0.25, 0.3) is 0 Å². The maximum Gasteiger partial charge on any atom is 0.243 e. The average Bonchev–Trinajstić information content (AvgIpc) is 2.44. The van der Waals surface area contributed by atoms with Crippen molar-refractivity contribution in [3.8, 4) is 0 Å². The highest BCUT2D eigenvalue weighted by molar-refractivity contribution is 9.10. The van der Waals surface area contributed by atoms with Crippen LogP contribution >= 0.6 is 27.5 Å². The second-order valence-corrected chi connectivity index (χ2v) is 6.40. The first-order valence-corrected chi connectivity index (χ1v) is 7.65. The zero-order chi connectivity index (χ0) is 15.5. The lowest BCUT2D eigenvalue weighted by atomic mass is 9.91. The molecule has 3 nitrogen and oxygen atoms in total. The van der Waals surface area contributed by atoms with E-state index in [1.54, 1.807) is 19.1 Å². The van der Waals surface area contributed by atoms with Crippen molar-refractivity contribution in [3.05, 3.63) is 63.6 Å². The fourth-order valence-corrected chi connectivity index (χ4v) is 2.57. The van der Waals surface area contributed by atoms with Gasteiger partial charge in [-0.3, -0.25) is 4.79 Å². The predicted octanol–water partition coefficient (Wildman–Crippen LogP) is 4.00. The standard InChI is InChI=1S/C16H16BrClN2O/c1-16(15(19)21,10-11-6-8-12(18)9-7-11)20-14-5-3-2-4-13(14)17/h2-9,20H,10H2,1H3,(H2,19,21). The summed E-state index contributed by atoms with van der Waals surface area (Å²) in [5.74, 6) is -0.409. The quantitative estimate of drug-likeness (QED) is 0.839. The number of carbonyl (C=O) groups excluding carboxylic acids is 1. The molecule has 5 heteroatoms. The number of para-hydroxylation sites is 1. The van der Waals surface area contributed by atoms with E-state index in [1.807, 2.05) is 36.4 Å². The van der Waals surface area contributed by atoms with Crippen molar-refractivity contribution in [2.75, 3.05) is 5.32 Å². The van der Waals surface area contributed by atoms with Gasteiger partial charge in [-0.25, -0.2) is 0 Å². The SMILES string of the molecule is CC(Cc1ccc(Cl)cc1)(Nc1ccccc1Br)C(N)=O. The van der Waals surface area contributed by atoms with Crippen molar-refractivity contribution in [2.45, 2.75) is 18.9 Å². The largest absolute Gasteiger partial charge is 0.370 e. The maximum atomic E-state index is 11.9. The second-order valence-electron chi connectivity index (χ2n) is 5.10. The molecule has 0 aromatic heterocycles. The number of hydrogen-bond donors (Lipinski definition) is 2. The molecule has 0 saturated carbocycles. The fourth-order valence-electron chi connectivity index (χ4n) is 2.06. The van der Waals surface area contributed by atoms with E-state index in [0.717, 1.165) is 15.7 Å². The van der Waals surface area contributed by atoms with E-state index in [-0.39, 0.29) is 0 Å². The Balaban J connectivity index is 2.26. The third-order valence-electron chi connectivity index (χ3n) is 3.30. The van der Waals surface area contributed by atoms with Crippen LogP contribution < -0.4 is 11.1 Å². The van der Waals surface area contributed by atoms with E-state index in [9.17, 15) is 4.79 Å². The Morgan fingerprint density at radius 2 is 1.86 bits per heavy atom. The highest BCUT2D eigenvalue weighted by Crippen LogP contribution is 2.27. The number of primary amides is 1. The summed E-state index contributed by atoms with van der Waals surface area (Å²) in [5, 5.41) is 3.90. The summed E-state index contributed by atoms with van der Waals surface area (Å²) >= 11 is 9.34. The van der Waals surface area contributed by atoms with E-state index in [2.05, 4.69) is 21.2 Å². The second kappa shape index (κ2) is 6.50. The Morgan fingerprint density at radius 3 is 2.43 bits per heavy atom. The summed E-state index contributed by atoms with van der Waals surface area (Å²) in [4.78, 5) is 11.9. The van der Waals surface area contributed by atoms with Gasteiger partial charge in [0.1, 0.15) is 5.54 Å². The van der Waals surface area contributed by atoms with Crippen molar-refractivity contribution >= 4 is 39.1 Å². The molecule has 0 aliphatic carbocycles. The number of anilines is 1. The average molecular weight is 368 g/mol. The minimum absolute atomic E-state index is 0.409. The minimum Gasteiger partial charge on any atom is -0.370 e. The lowest BCUT2D eigenvalue weighted by Crippen LogP contribution is -2.49. The van der Waals surface area contributed by atoms with E-state index < -0.39 is 11.4 Å². The van der Waals surface area contributed by atoms with Crippen LogP contribution in [0, 0.1) is 0 Å². The molecule has 0 fully saturated rings. The van der Waals surface area contributed by atoms with Crippen molar-refractivity contribution < 1.29 is 4.79 Å². The van der Waals surface area contributed by atoms with Gasteiger partial charge in [0, 0.05) is 21.6 Å². The molecule has 1 amide bonds. The maximum absolute atomic E-state index is 11.9. The molecule has 110 valence electrons. The topological polar surface area (TPSA) is 55.1 Å². The summed E-state index contributed by atoms with van der Waals surface area (Å²) < 4.78 is 0.883. The van der Waals surface area contributed by atoms with Gasteiger partial charge in [0.05, 0.1) is 0 Å². The highest BCUT2D eigenvalue weighted by atomic mass is 79.9. The molecule has 1 atom stereocenters. The van der Waals surface area contributed by atoms with Crippen LogP contribution in [0.3, 0.4) is 0 Å². The Bertz CT molecular complexity index is 645. The first kappa shape index (κ1) is 15.9. The molecule has 0 aliphatic heterocycles. The van der Waals surface area contributed by atoms with E-state index in [1.165, 1.54) is 0 Å². The first-order valence-electron chi connectivity index (χ1n) is 6.48. The van der Waals surface area contributed by atoms with Gasteiger partial charge < -0.3 is 11.1 Å².